The minimum atomic E-state index is -0.364. The van der Waals surface area contributed by atoms with E-state index in [1.807, 2.05) is 68.1 Å². The number of fused-ring (bicyclic) bond motifs is 1. The fourth-order valence-corrected chi connectivity index (χ4v) is 4.48. The van der Waals surface area contributed by atoms with Crippen LogP contribution in [-0.4, -0.2) is 33.5 Å². The summed E-state index contributed by atoms with van der Waals surface area (Å²) in [4.78, 5) is 34.0. The Bertz CT molecular complexity index is 1150. The molecule has 0 aliphatic carbocycles. The molecule has 3 rings (SSSR count). The number of amides is 1. The first kappa shape index (κ1) is 25.5. The zero-order valence-corrected chi connectivity index (χ0v) is 21.1. The molecule has 0 saturated carbocycles. The smallest absolute Gasteiger partial charge is 0.266 e. The first-order valence-electron chi connectivity index (χ1n) is 12.5. The third-order valence-electron chi connectivity index (χ3n) is 6.42. The average Bonchev–Trinajstić information content (AvgIpc) is 2.85. The van der Waals surface area contributed by atoms with Crippen molar-refractivity contribution in [2.75, 3.05) is 13.2 Å². The molecule has 0 bridgehead atoms. The minimum Gasteiger partial charge on any atom is -0.494 e. The molecular formula is C28H37N3O3. The lowest BCUT2D eigenvalue weighted by Gasteiger charge is -2.32. The number of aromatic nitrogens is 2. The van der Waals surface area contributed by atoms with Crippen LogP contribution in [0.25, 0.3) is 16.6 Å². The van der Waals surface area contributed by atoms with Crippen molar-refractivity contribution in [3.63, 3.8) is 0 Å². The zero-order valence-electron chi connectivity index (χ0n) is 21.1. The van der Waals surface area contributed by atoms with E-state index >= 15 is 0 Å². The Morgan fingerprint density at radius 2 is 1.76 bits per heavy atom. The summed E-state index contributed by atoms with van der Waals surface area (Å²) in [7, 11) is 0. The molecule has 2 atom stereocenters. The summed E-state index contributed by atoms with van der Waals surface area (Å²) < 4.78 is 7.22. The van der Waals surface area contributed by atoms with Crippen LogP contribution in [-0.2, 0) is 4.79 Å². The summed E-state index contributed by atoms with van der Waals surface area (Å²) in [6.07, 6.45) is 3.78. The second kappa shape index (κ2) is 11.8. The van der Waals surface area contributed by atoms with Crippen LogP contribution in [0.4, 0.5) is 0 Å². The highest BCUT2D eigenvalue weighted by molar-refractivity contribution is 5.80. The van der Waals surface area contributed by atoms with Gasteiger partial charge in [0.2, 0.25) is 5.91 Å². The molecule has 0 aliphatic heterocycles. The second-order valence-electron chi connectivity index (χ2n) is 8.60. The highest BCUT2D eigenvalue weighted by atomic mass is 16.5. The van der Waals surface area contributed by atoms with Gasteiger partial charge in [-0.2, -0.15) is 0 Å². The van der Waals surface area contributed by atoms with E-state index in [2.05, 4.69) is 13.8 Å². The third-order valence-corrected chi connectivity index (χ3v) is 6.42. The molecule has 1 amide bonds. The quantitative estimate of drug-likeness (QED) is 0.355. The maximum atomic E-state index is 13.7. The lowest BCUT2D eigenvalue weighted by atomic mass is 9.97. The normalized spacial score (nSPS) is 13.0. The van der Waals surface area contributed by atoms with Crippen LogP contribution in [0.15, 0.2) is 53.3 Å². The van der Waals surface area contributed by atoms with Crippen LogP contribution >= 0.6 is 0 Å². The van der Waals surface area contributed by atoms with Gasteiger partial charge < -0.3 is 9.64 Å². The number of carbonyl (C=O) groups excluding carboxylic acids is 1. The molecule has 3 aromatic rings. The second-order valence-corrected chi connectivity index (χ2v) is 8.60. The molecule has 182 valence electrons. The van der Waals surface area contributed by atoms with Crippen molar-refractivity contribution < 1.29 is 9.53 Å². The molecule has 6 heteroatoms. The summed E-state index contributed by atoms with van der Waals surface area (Å²) in [5.74, 6) is 1.42. The van der Waals surface area contributed by atoms with E-state index < -0.39 is 0 Å². The Hall–Kier alpha value is -3.15. The summed E-state index contributed by atoms with van der Waals surface area (Å²) in [5, 5.41) is 0.552. The van der Waals surface area contributed by atoms with Gasteiger partial charge >= 0.3 is 0 Å². The van der Waals surface area contributed by atoms with Gasteiger partial charge in [-0.05, 0) is 70.0 Å². The Kier molecular flexibility index (Phi) is 8.85. The number of hydrogen-bond donors (Lipinski definition) is 0. The Balaban J connectivity index is 2.13. The van der Waals surface area contributed by atoms with Crippen molar-refractivity contribution in [3.05, 3.63) is 64.7 Å². The summed E-state index contributed by atoms with van der Waals surface area (Å²) >= 11 is 0. The van der Waals surface area contributed by atoms with Crippen molar-refractivity contribution in [3.8, 4) is 11.4 Å². The van der Waals surface area contributed by atoms with Gasteiger partial charge in [0.15, 0.2) is 0 Å². The number of carbonyl (C=O) groups is 1. The van der Waals surface area contributed by atoms with Crippen molar-refractivity contribution in [1.29, 1.82) is 0 Å². The average molecular weight is 464 g/mol. The predicted octanol–water partition coefficient (Wildman–Crippen LogP) is 5.91. The van der Waals surface area contributed by atoms with E-state index in [0.29, 0.717) is 35.6 Å². The van der Waals surface area contributed by atoms with E-state index in [1.54, 1.807) is 10.6 Å². The number of unbranched alkanes of at least 4 members (excludes halogenated alkanes) is 1. The molecule has 0 radical (unpaired) electrons. The van der Waals surface area contributed by atoms with E-state index in [1.165, 1.54) is 0 Å². The predicted molar refractivity (Wildman–Crippen MR) is 138 cm³/mol. The van der Waals surface area contributed by atoms with Crippen molar-refractivity contribution in [2.45, 2.75) is 66.3 Å². The SMILES string of the molecule is CCCCC(CC)C(=O)N(CC)C(C)c1nc2ccccc2c(=O)n1-c1ccc(OCC)cc1. The van der Waals surface area contributed by atoms with Crippen LogP contribution in [0.2, 0.25) is 0 Å². The molecule has 0 fully saturated rings. The van der Waals surface area contributed by atoms with E-state index in [0.717, 1.165) is 31.4 Å². The van der Waals surface area contributed by atoms with Gasteiger partial charge in [-0.15, -0.1) is 0 Å². The number of para-hydroxylation sites is 1. The maximum Gasteiger partial charge on any atom is 0.266 e. The molecule has 34 heavy (non-hydrogen) atoms. The van der Waals surface area contributed by atoms with Gasteiger partial charge in [-0.25, -0.2) is 4.98 Å². The summed E-state index contributed by atoms with van der Waals surface area (Å²) in [6, 6.07) is 14.5. The fourth-order valence-electron chi connectivity index (χ4n) is 4.48. The molecule has 0 N–H and O–H groups in total. The largest absolute Gasteiger partial charge is 0.494 e. The van der Waals surface area contributed by atoms with Crippen molar-refractivity contribution >= 4 is 16.8 Å². The third kappa shape index (κ3) is 5.32. The standard InChI is InChI=1S/C28H37N3O3/c1-6-10-13-21(7-2)27(32)30(8-3)20(5)26-29-25-15-12-11-14-24(25)28(33)31(26)22-16-18-23(19-17-22)34-9-4/h11-12,14-21H,6-10,13H2,1-5H3. The van der Waals surface area contributed by atoms with Gasteiger partial charge in [-0.1, -0.05) is 38.8 Å². The lowest BCUT2D eigenvalue weighted by Crippen LogP contribution is -2.40. The van der Waals surface area contributed by atoms with Crippen molar-refractivity contribution in [2.24, 2.45) is 5.92 Å². The summed E-state index contributed by atoms with van der Waals surface area (Å²) in [6.45, 7) is 11.2. The number of hydrogen-bond acceptors (Lipinski definition) is 4. The Morgan fingerprint density at radius 1 is 1.06 bits per heavy atom. The highest BCUT2D eigenvalue weighted by Gasteiger charge is 2.29. The summed E-state index contributed by atoms with van der Waals surface area (Å²) in [5.41, 5.74) is 1.20. The van der Waals surface area contributed by atoms with Crippen LogP contribution < -0.4 is 10.3 Å². The number of ether oxygens (including phenoxy) is 1. The van der Waals surface area contributed by atoms with E-state index in [-0.39, 0.29) is 23.4 Å². The lowest BCUT2D eigenvalue weighted by molar-refractivity contribution is -0.138. The van der Waals surface area contributed by atoms with Gasteiger partial charge in [-0.3, -0.25) is 14.2 Å². The van der Waals surface area contributed by atoms with Crippen LogP contribution in [0.5, 0.6) is 5.75 Å². The molecule has 1 aromatic heterocycles. The number of nitrogens with zero attached hydrogens (tertiary/aromatic N) is 3. The van der Waals surface area contributed by atoms with E-state index in [4.69, 9.17) is 9.72 Å². The fraction of sp³-hybridized carbons (Fsp3) is 0.464. The molecule has 0 aliphatic rings. The van der Waals surface area contributed by atoms with Crippen LogP contribution in [0, 0.1) is 5.92 Å². The Morgan fingerprint density at radius 3 is 2.38 bits per heavy atom. The van der Waals surface area contributed by atoms with Gasteiger partial charge in [0.05, 0.1) is 29.2 Å². The minimum absolute atomic E-state index is 0.0199. The van der Waals surface area contributed by atoms with Gasteiger partial charge in [0.25, 0.3) is 5.56 Å². The molecule has 0 saturated heterocycles. The Labute approximate surface area is 202 Å². The molecular weight excluding hydrogens is 426 g/mol. The molecule has 1 heterocycles. The van der Waals surface area contributed by atoms with Crippen LogP contribution in [0.1, 0.15) is 72.2 Å². The number of rotatable bonds is 11. The molecule has 6 nitrogen and oxygen atoms in total. The number of benzene rings is 2. The first-order chi connectivity index (χ1) is 16.5. The van der Waals surface area contributed by atoms with Crippen molar-refractivity contribution in [1.82, 2.24) is 14.5 Å². The van der Waals surface area contributed by atoms with Gasteiger partial charge in [0.1, 0.15) is 11.6 Å². The van der Waals surface area contributed by atoms with E-state index in [9.17, 15) is 9.59 Å². The molecule has 0 spiro atoms. The van der Waals surface area contributed by atoms with Crippen LogP contribution in [0.3, 0.4) is 0 Å². The van der Waals surface area contributed by atoms with Gasteiger partial charge in [0, 0.05) is 12.5 Å². The molecule has 2 unspecified atom stereocenters. The maximum absolute atomic E-state index is 13.7. The first-order valence-corrected chi connectivity index (χ1v) is 12.5. The molecule has 2 aromatic carbocycles. The highest BCUT2D eigenvalue weighted by Crippen LogP contribution is 2.27. The monoisotopic (exact) mass is 463 g/mol. The zero-order chi connectivity index (χ0) is 24.7. The topological polar surface area (TPSA) is 64.4 Å².